The zero-order valence-electron chi connectivity index (χ0n) is 18.9. The van der Waals surface area contributed by atoms with Gasteiger partial charge in [0.2, 0.25) is 17.7 Å². The molecule has 0 saturated carbocycles. The zero-order chi connectivity index (χ0) is 23.7. The van der Waals surface area contributed by atoms with Gasteiger partial charge in [0.1, 0.15) is 5.75 Å². The van der Waals surface area contributed by atoms with Crippen molar-refractivity contribution in [3.8, 4) is 5.75 Å². The maximum absolute atomic E-state index is 12.7. The number of hydrazine groups is 1. The van der Waals surface area contributed by atoms with Gasteiger partial charge in [-0.2, -0.15) is 0 Å². The number of nitrogens with zero attached hydrogens (tertiary/aromatic N) is 1. The normalized spacial score (nSPS) is 11.5. The van der Waals surface area contributed by atoms with E-state index >= 15 is 0 Å². The third-order valence-corrected chi connectivity index (χ3v) is 5.19. The number of nitrogens with two attached hydrogens (primary N) is 1. The topological polar surface area (TPSA) is 125 Å². The first-order valence-electron chi connectivity index (χ1n) is 10.6. The number of amides is 3. The third kappa shape index (κ3) is 7.70. The molecule has 0 aliphatic carbocycles. The summed E-state index contributed by atoms with van der Waals surface area (Å²) in [5.41, 5.74) is 12.7. The molecule has 0 unspecified atom stereocenters. The molecule has 1 atom stereocenters. The summed E-state index contributed by atoms with van der Waals surface area (Å²) < 4.78 is 0. The van der Waals surface area contributed by atoms with E-state index in [4.69, 9.17) is 5.73 Å². The molecule has 0 aliphatic rings. The number of benzene rings is 2. The summed E-state index contributed by atoms with van der Waals surface area (Å²) in [6.45, 7) is 5.63. The van der Waals surface area contributed by atoms with Crippen molar-refractivity contribution >= 4 is 17.7 Å². The van der Waals surface area contributed by atoms with Crippen molar-refractivity contribution in [2.45, 2.75) is 46.1 Å². The summed E-state index contributed by atoms with van der Waals surface area (Å²) in [7, 11) is 0. The summed E-state index contributed by atoms with van der Waals surface area (Å²) in [6, 6.07) is 11.7. The maximum atomic E-state index is 12.7. The Labute approximate surface area is 188 Å². The molecule has 32 heavy (non-hydrogen) atoms. The van der Waals surface area contributed by atoms with Crippen LogP contribution in [0.25, 0.3) is 0 Å². The smallest absolute Gasteiger partial charge is 0.241 e. The number of nitrogens with one attached hydrogen (secondary N) is 2. The van der Waals surface area contributed by atoms with E-state index in [1.807, 2.05) is 32.0 Å². The average Bonchev–Trinajstić information content (AvgIpc) is 2.73. The quantitative estimate of drug-likeness (QED) is 0.440. The highest BCUT2D eigenvalue weighted by Crippen LogP contribution is 2.15. The van der Waals surface area contributed by atoms with Crippen LogP contribution in [0.4, 0.5) is 0 Å². The molecule has 2 aromatic carbocycles. The first-order chi connectivity index (χ1) is 15.2. The van der Waals surface area contributed by atoms with E-state index in [9.17, 15) is 19.5 Å². The van der Waals surface area contributed by atoms with E-state index in [0.29, 0.717) is 12.8 Å². The molecular formula is C24H32N4O4. The van der Waals surface area contributed by atoms with E-state index in [-0.39, 0.29) is 43.0 Å². The van der Waals surface area contributed by atoms with Gasteiger partial charge in [-0.3, -0.25) is 24.8 Å². The second-order valence-electron chi connectivity index (χ2n) is 7.85. The molecule has 2 aromatic rings. The van der Waals surface area contributed by atoms with Crippen LogP contribution in [0.3, 0.4) is 0 Å². The van der Waals surface area contributed by atoms with Crippen LogP contribution in [-0.2, 0) is 27.2 Å². The van der Waals surface area contributed by atoms with Crippen LogP contribution in [0.5, 0.6) is 5.75 Å². The molecule has 3 amide bonds. The fourth-order valence-electron chi connectivity index (χ4n) is 3.44. The highest BCUT2D eigenvalue weighted by atomic mass is 16.3. The molecule has 0 heterocycles. The molecule has 2 rings (SSSR count). The molecule has 8 heteroatoms. The van der Waals surface area contributed by atoms with Gasteiger partial charge >= 0.3 is 0 Å². The summed E-state index contributed by atoms with van der Waals surface area (Å²) >= 11 is 0. The Balaban J connectivity index is 1.86. The number of phenolic OH excluding ortho intramolecular Hbond substituents is 1. The molecular weight excluding hydrogens is 408 g/mol. The molecule has 0 fully saturated rings. The minimum absolute atomic E-state index is 0.128. The van der Waals surface area contributed by atoms with E-state index in [1.54, 1.807) is 12.1 Å². The predicted octanol–water partition coefficient (Wildman–Crippen LogP) is 1.51. The third-order valence-electron chi connectivity index (χ3n) is 5.19. The van der Waals surface area contributed by atoms with Gasteiger partial charge in [0.15, 0.2) is 0 Å². The van der Waals surface area contributed by atoms with Crippen LogP contribution in [-0.4, -0.2) is 47.0 Å². The second-order valence-corrected chi connectivity index (χ2v) is 7.85. The molecule has 0 aliphatic heterocycles. The molecule has 0 aromatic heterocycles. The minimum Gasteiger partial charge on any atom is -0.508 e. The molecule has 5 N–H and O–H groups in total. The van der Waals surface area contributed by atoms with Crippen molar-refractivity contribution in [1.82, 2.24) is 15.8 Å². The Kier molecular flexibility index (Phi) is 9.22. The monoisotopic (exact) mass is 440 g/mol. The lowest BCUT2D eigenvalue weighted by Gasteiger charge is -2.23. The lowest BCUT2D eigenvalue weighted by atomic mass is 9.98. The van der Waals surface area contributed by atoms with E-state index < -0.39 is 6.04 Å². The van der Waals surface area contributed by atoms with E-state index in [2.05, 4.69) is 10.7 Å². The summed E-state index contributed by atoms with van der Waals surface area (Å²) in [6.07, 6.45) is 1.12. The molecule has 172 valence electrons. The number of aromatic hydroxyl groups is 1. The van der Waals surface area contributed by atoms with Crippen molar-refractivity contribution in [2.24, 2.45) is 5.73 Å². The lowest BCUT2D eigenvalue weighted by molar-refractivity contribution is -0.140. The average molecular weight is 441 g/mol. The Bertz CT molecular complexity index is 923. The molecule has 0 spiro atoms. The summed E-state index contributed by atoms with van der Waals surface area (Å²) in [5.74, 6) is -0.804. The van der Waals surface area contributed by atoms with Crippen LogP contribution >= 0.6 is 0 Å². The highest BCUT2D eigenvalue weighted by molar-refractivity contribution is 5.82. The highest BCUT2D eigenvalue weighted by Gasteiger charge is 2.18. The van der Waals surface area contributed by atoms with E-state index in [1.165, 1.54) is 24.1 Å². The molecule has 0 radical (unpaired) electrons. The van der Waals surface area contributed by atoms with Gasteiger partial charge in [0.05, 0.1) is 12.6 Å². The predicted molar refractivity (Wildman–Crippen MR) is 123 cm³/mol. The number of phenols is 1. The van der Waals surface area contributed by atoms with Gasteiger partial charge in [0.25, 0.3) is 0 Å². The van der Waals surface area contributed by atoms with Gasteiger partial charge in [-0.25, -0.2) is 0 Å². The second kappa shape index (κ2) is 11.9. The summed E-state index contributed by atoms with van der Waals surface area (Å²) in [4.78, 5) is 36.5. The van der Waals surface area contributed by atoms with Crippen LogP contribution in [0, 0.1) is 13.8 Å². The van der Waals surface area contributed by atoms with Gasteiger partial charge in [-0.1, -0.05) is 30.3 Å². The van der Waals surface area contributed by atoms with Crippen molar-refractivity contribution in [3.05, 3.63) is 64.7 Å². The standard InChI is InChI=1S/C24H32N4O4/c1-16-5-4-6-17(2)21(16)11-12-23(31)28(27-18(3)29)14-13-26-24(32)22(25)15-19-7-9-20(30)10-8-19/h4-10,22,30H,11-15,25H2,1-3H3,(H,26,32)(H,27,29)/t22-/m0/s1. The largest absolute Gasteiger partial charge is 0.508 e. The Morgan fingerprint density at radius 2 is 1.69 bits per heavy atom. The number of rotatable bonds is 9. The van der Waals surface area contributed by atoms with Crippen LogP contribution in [0.15, 0.2) is 42.5 Å². The fraction of sp³-hybridized carbons (Fsp3) is 0.375. The Morgan fingerprint density at radius 3 is 2.28 bits per heavy atom. The number of hydrogen-bond donors (Lipinski definition) is 4. The number of carbonyl (C=O) groups is 3. The molecule has 0 saturated heterocycles. The van der Waals surface area contributed by atoms with Crippen LogP contribution in [0.2, 0.25) is 0 Å². The minimum atomic E-state index is -0.770. The first kappa shape index (κ1) is 24.9. The summed E-state index contributed by atoms with van der Waals surface area (Å²) in [5, 5.41) is 13.3. The van der Waals surface area contributed by atoms with Crippen LogP contribution in [0.1, 0.15) is 35.6 Å². The Morgan fingerprint density at radius 1 is 1.06 bits per heavy atom. The van der Waals surface area contributed by atoms with E-state index in [0.717, 1.165) is 22.3 Å². The SMILES string of the molecule is CC(=O)NN(CCNC(=O)[C@@H](N)Cc1ccc(O)cc1)C(=O)CCc1c(C)cccc1C. The number of hydrogen-bond acceptors (Lipinski definition) is 5. The number of carbonyl (C=O) groups excluding carboxylic acids is 3. The Hall–Kier alpha value is -3.39. The van der Waals surface area contributed by atoms with Gasteiger partial charge in [-0.15, -0.1) is 0 Å². The van der Waals surface area contributed by atoms with Crippen molar-refractivity contribution in [3.63, 3.8) is 0 Å². The van der Waals surface area contributed by atoms with Crippen molar-refractivity contribution in [1.29, 1.82) is 0 Å². The number of aryl methyl sites for hydroxylation is 2. The zero-order valence-corrected chi connectivity index (χ0v) is 18.9. The molecule has 0 bridgehead atoms. The maximum Gasteiger partial charge on any atom is 0.241 e. The van der Waals surface area contributed by atoms with Gasteiger partial charge < -0.3 is 16.2 Å². The lowest BCUT2D eigenvalue weighted by Crippen LogP contribution is -2.50. The van der Waals surface area contributed by atoms with Gasteiger partial charge in [0, 0.05) is 19.9 Å². The van der Waals surface area contributed by atoms with Gasteiger partial charge in [-0.05, 0) is 61.1 Å². The van der Waals surface area contributed by atoms with Crippen molar-refractivity contribution < 1.29 is 19.5 Å². The van der Waals surface area contributed by atoms with Crippen LogP contribution < -0.4 is 16.5 Å². The first-order valence-corrected chi connectivity index (χ1v) is 10.6. The molecule has 8 nitrogen and oxygen atoms in total. The fourth-order valence-corrected chi connectivity index (χ4v) is 3.44. The van der Waals surface area contributed by atoms with Crippen molar-refractivity contribution in [2.75, 3.05) is 13.1 Å².